The number of nitrogens with zero attached hydrogens (tertiary/aromatic N) is 3. The van der Waals surface area contributed by atoms with Crippen molar-refractivity contribution in [2.75, 3.05) is 5.32 Å². The van der Waals surface area contributed by atoms with Crippen LogP contribution in [0.4, 0.5) is 15.9 Å². The summed E-state index contributed by atoms with van der Waals surface area (Å²) in [7, 11) is 0. The molecular weight excluding hydrogens is 367 g/mol. The van der Waals surface area contributed by atoms with Crippen molar-refractivity contribution in [3.63, 3.8) is 0 Å². The van der Waals surface area contributed by atoms with Gasteiger partial charge in [-0.2, -0.15) is 0 Å². The van der Waals surface area contributed by atoms with Crippen molar-refractivity contribution in [1.82, 2.24) is 15.0 Å². The van der Waals surface area contributed by atoms with Gasteiger partial charge in [-0.25, -0.2) is 14.4 Å². The molecule has 0 spiro atoms. The number of carbonyl (C=O) groups is 1. The smallest absolute Gasteiger partial charge is 0.163 e. The lowest BCUT2D eigenvalue weighted by molar-refractivity contribution is 0.112. The van der Waals surface area contributed by atoms with Crippen molar-refractivity contribution in [2.45, 2.75) is 0 Å². The van der Waals surface area contributed by atoms with Gasteiger partial charge in [0.1, 0.15) is 17.9 Å². The standard InChI is InChI=1S/C20H12ClFN4O/c21-16-9-14(4-5-17(16)22)24-20-15-8-12(11-27)3-6-18(15)25-19(26-20)13-2-1-7-23-10-13/h1-11H,(H,24,25,26). The van der Waals surface area contributed by atoms with Crippen LogP contribution in [0.1, 0.15) is 10.4 Å². The van der Waals surface area contributed by atoms with Gasteiger partial charge < -0.3 is 5.32 Å². The van der Waals surface area contributed by atoms with Gasteiger partial charge >= 0.3 is 0 Å². The molecule has 4 aromatic rings. The molecule has 0 amide bonds. The molecular formula is C20H12ClFN4O. The van der Waals surface area contributed by atoms with Gasteiger partial charge in [-0.15, -0.1) is 0 Å². The topological polar surface area (TPSA) is 67.8 Å². The molecule has 0 unspecified atom stereocenters. The monoisotopic (exact) mass is 378 g/mol. The third kappa shape index (κ3) is 3.47. The summed E-state index contributed by atoms with van der Waals surface area (Å²) in [6, 6.07) is 13.1. The third-order valence-corrected chi connectivity index (χ3v) is 4.25. The number of nitrogens with one attached hydrogen (secondary N) is 1. The maximum Gasteiger partial charge on any atom is 0.163 e. The Balaban J connectivity index is 1.89. The predicted octanol–water partition coefficient (Wildman–Crippen LogP) is 5.04. The number of hydrogen-bond acceptors (Lipinski definition) is 5. The Labute approximate surface area is 158 Å². The van der Waals surface area contributed by atoms with Crippen LogP contribution in [0.2, 0.25) is 5.02 Å². The number of aldehydes is 1. The minimum absolute atomic E-state index is 0.000532. The Morgan fingerprint density at radius 1 is 1.07 bits per heavy atom. The maximum atomic E-state index is 13.4. The predicted molar refractivity (Wildman–Crippen MR) is 103 cm³/mol. The Bertz CT molecular complexity index is 1150. The Morgan fingerprint density at radius 2 is 1.96 bits per heavy atom. The molecule has 0 saturated carbocycles. The first kappa shape index (κ1) is 17.1. The Morgan fingerprint density at radius 3 is 2.70 bits per heavy atom. The minimum Gasteiger partial charge on any atom is -0.340 e. The molecule has 0 aliphatic carbocycles. The number of fused-ring (bicyclic) bond motifs is 1. The van der Waals surface area contributed by atoms with E-state index in [1.165, 1.54) is 12.1 Å². The highest BCUT2D eigenvalue weighted by atomic mass is 35.5. The Kier molecular flexibility index (Phi) is 4.48. The van der Waals surface area contributed by atoms with Crippen LogP contribution in [0, 0.1) is 5.82 Å². The van der Waals surface area contributed by atoms with Crippen LogP contribution in [-0.4, -0.2) is 21.2 Å². The van der Waals surface area contributed by atoms with Crippen molar-refractivity contribution in [2.24, 2.45) is 0 Å². The first-order chi connectivity index (χ1) is 13.1. The average molecular weight is 379 g/mol. The van der Waals surface area contributed by atoms with Gasteiger partial charge in [0, 0.05) is 34.6 Å². The van der Waals surface area contributed by atoms with Crippen LogP contribution in [0.15, 0.2) is 60.9 Å². The van der Waals surface area contributed by atoms with E-state index >= 15 is 0 Å². The normalized spacial score (nSPS) is 10.7. The molecule has 0 aliphatic rings. The molecule has 0 bridgehead atoms. The number of pyridine rings is 1. The quantitative estimate of drug-likeness (QED) is 0.504. The number of carbonyl (C=O) groups excluding carboxylic acids is 1. The van der Waals surface area contributed by atoms with E-state index < -0.39 is 5.82 Å². The Hall–Kier alpha value is -3.38. The molecule has 2 aromatic heterocycles. The summed E-state index contributed by atoms with van der Waals surface area (Å²) in [4.78, 5) is 24.4. The van der Waals surface area contributed by atoms with E-state index in [0.717, 1.165) is 11.8 Å². The fourth-order valence-electron chi connectivity index (χ4n) is 2.65. The van der Waals surface area contributed by atoms with Crippen molar-refractivity contribution in [1.29, 1.82) is 0 Å². The van der Waals surface area contributed by atoms with Crippen LogP contribution >= 0.6 is 11.6 Å². The highest BCUT2D eigenvalue weighted by Crippen LogP contribution is 2.29. The van der Waals surface area contributed by atoms with E-state index in [2.05, 4.69) is 20.3 Å². The summed E-state index contributed by atoms with van der Waals surface area (Å²) >= 11 is 5.87. The minimum atomic E-state index is -0.506. The number of rotatable bonds is 4. The van der Waals surface area contributed by atoms with Crippen molar-refractivity contribution in [3.05, 3.63) is 77.3 Å². The van der Waals surface area contributed by atoms with Crippen LogP contribution in [0.3, 0.4) is 0 Å². The lowest BCUT2D eigenvalue weighted by Gasteiger charge is -2.12. The van der Waals surface area contributed by atoms with Crippen LogP contribution in [0.5, 0.6) is 0 Å². The second kappa shape index (κ2) is 7.09. The largest absolute Gasteiger partial charge is 0.340 e. The van der Waals surface area contributed by atoms with Gasteiger partial charge in [-0.3, -0.25) is 9.78 Å². The summed E-state index contributed by atoms with van der Waals surface area (Å²) in [6.45, 7) is 0. The molecule has 2 aromatic carbocycles. The molecule has 4 rings (SSSR count). The van der Waals surface area contributed by atoms with E-state index in [0.29, 0.717) is 33.8 Å². The highest BCUT2D eigenvalue weighted by molar-refractivity contribution is 6.31. The second-order valence-corrected chi connectivity index (χ2v) is 6.19. The van der Waals surface area contributed by atoms with Crippen LogP contribution in [0.25, 0.3) is 22.3 Å². The van der Waals surface area contributed by atoms with Crippen LogP contribution in [-0.2, 0) is 0 Å². The first-order valence-electron chi connectivity index (χ1n) is 8.03. The second-order valence-electron chi connectivity index (χ2n) is 5.79. The molecule has 5 nitrogen and oxygen atoms in total. The number of aromatic nitrogens is 3. The molecule has 27 heavy (non-hydrogen) atoms. The summed E-state index contributed by atoms with van der Waals surface area (Å²) < 4.78 is 13.4. The van der Waals surface area contributed by atoms with E-state index in [1.807, 2.05) is 6.07 Å². The first-order valence-corrected chi connectivity index (χ1v) is 8.41. The van der Waals surface area contributed by atoms with Gasteiger partial charge in [0.25, 0.3) is 0 Å². The lowest BCUT2D eigenvalue weighted by atomic mass is 10.1. The lowest BCUT2D eigenvalue weighted by Crippen LogP contribution is -2.00. The molecule has 7 heteroatoms. The van der Waals surface area contributed by atoms with Gasteiger partial charge in [0.15, 0.2) is 5.82 Å². The summed E-state index contributed by atoms with van der Waals surface area (Å²) in [5.41, 5.74) is 2.47. The van der Waals surface area contributed by atoms with Gasteiger partial charge in [-0.05, 0) is 48.5 Å². The summed E-state index contributed by atoms with van der Waals surface area (Å²) in [5.74, 6) is 0.449. The van der Waals surface area contributed by atoms with Gasteiger partial charge in [-0.1, -0.05) is 11.6 Å². The zero-order chi connectivity index (χ0) is 18.8. The van der Waals surface area contributed by atoms with Crippen molar-refractivity contribution in [3.8, 4) is 11.4 Å². The van der Waals surface area contributed by atoms with Gasteiger partial charge in [0.05, 0.1) is 10.5 Å². The summed E-state index contributed by atoms with van der Waals surface area (Å²) in [5, 5.41) is 3.80. The SMILES string of the molecule is O=Cc1ccc2nc(-c3cccnc3)nc(Nc3ccc(F)c(Cl)c3)c2c1. The molecule has 0 fully saturated rings. The third-order valence-electron chi connectivity index (χ3n) is 3.96. The number of benzene rings is 2. The molecule has 2 heterocycles. The van der Waals surface area contributed by atoms with E-state index in [-0.39, 0.29) is 5.02 Å². The number of anilines is 2. The van der Waals surface area contributed by atoms with E-state index in [4.69, 9.17) is 11.6 Å². The fourth-order valence-corrected chi connectivity index (χ4v) is 2.83. The highest BCUT2D eigenvalue weighted by Gasteiger charge is 2.12. The zero-order valence-electron chi connectivity index (χ0n) is 13.9. The molecule has 0 aliphatic heterocycles. The molecule has 0 atom stereocenters. The molecule has 132 valence electrons. The number of hydrogen-bond donors (Lipinski definition) is 1. The fraction of sp³-hybridized carbons (Fsp3) is 0. The zero-order valence-corrected chi connectivity index (χ0v) is 14.6. The maximum absolute atomic E-state index is 13.4. The molecule has 0 saturated heterocycles. The van der Waals surface area contributed by atoms with Crippen molar-refractivity contribution < 1.29 is 9.18 Å². The van der Waals surface area contributed by atoms with Crippen LogP contribution < -0.4 is 5.32 Å². The summed E-state index contributed by atoms with van der Waals surface area (Å²) in [6.07, 6.45) is 4.09. The van der Waals surface area contributed by atoms with Gasteiger partial charge in [0.2, 0.25) is 0 Å². The van der Waals surface area contributed by atoms with E-state index in [1.54, 1.807) is 42.7 Å². The van der Waals surface area contributed by atoms with Crippen molar-refractivity contribution >= 4 is 40.3 Å². The van der Waals surface area contributed by atoms with E-state index in [9.17, 15) is 9.18 Å². The molecule has 0 radical (unpaired) electrons. The number of halogens is 2. The average Bonchev–Trinajstić information content (AvgIpc) is 2.71. The molecule has 1 N–H and O–H groups in total.